The van der Waals surface area contributed by atoms with Gasteiger partial charge in [0, 0.05) is 23.9 Å². The molecule has 3 aromatic heterocycles. The molecule has 4 rings (SSSR count). The smallest absolute Gasteiger partial charge is 0.319 e. The van der Waals surface area contributed by atoms with Gasteiger partial charge < -0.3 is 24.4 Å². The Morgan fingerprint density at radius 3 is 2.79 bits per heavy atom. The van der Waals surface area contributed by atoms with Crippen LogP contribution in [0, 0.1) is 12.8 Å². The van der Waals surface area contributed by atoms with Gasteiger partial charge in [0.05, 0.1) is 31.8 Å². The summed E-state index contributed by atoms with van der Waals surface area (Å²) in [5.74, 6) is 2.33. The number of aryl methyl sites for hydroxylation is 2. The van der Waals surface area contributed by atoms with Crippen LogP contribution in [0.2, 0.25) is 0 Å². The number of nitrogens with zero attached hydrogens (tertiary/aromatic N) is 6. The van der Waals surface area contributed by atoms with Crippen LogP contribution >= 0.6 is 11.3 Å². The maximum atomic E-state index is 9.29. The van der Waals surface area contributed by atoms with Crippen molar-refractivity contribution in [3.05, 3.63) is 22.6 Å². The quantitative estimate of drug-likeness (QED) is 0.567. The van der Waals surface area contributed by atoms with E-state index in [2.05, 4.69) is 37.6 Å². The average Bonchev–Trinajstić information content (AvgIpc) is 3.31. The molecule has 9 nitrogen and oxygen atoms in total. The predicted octanol–water partition coefficient (Wildman–Crippen LogP) is 1.54. The van der Waals surface area contributed by atoms with E-state index in [1.165, 1.54) is 4.88 Å². The van der Waals surface area contributed by atoms with Crippen molar-refractivity contribution in [3.8, 4) is 6.01 Å². The van der Waals surface area contributed by atoms with Crippen molar-refractivity contribution in [1.29, 1.82) is 0 Å². The number of ether oxygens (including phenoxy) is 1. The number of fused-ring (bicyclic) bond motifs is 2. The lowest BCUT2D eigenvalue weighted by molar-refractivity contribution is 0.102. The number of anilines is 1. The summed E-state index contributed by atoms with van der Waals surface area (Å²) in [6, 6.07) is 2.45. The molecular weight excluding hydrogens is 392 g/mol. The number of aliphatic hydroxyl groups excluding tert-OH is 2. The van der Waals surface area contributed by atoms with Gasteiger partial charge in [-0.25, -0.2) is 0 Å². The van der Waals surface area contributed by atoms with Gasteiger partial charge in [-0.1, -0.05) is 13.3 Å². The van der Waals surface area contributed by atoms with Crippen molar-refractivity contribution < 1.29 is 14.9 Å². The van der Waals surface area contributed by atoms with E-state index in [1.807, 2.05) is 6.92 Å². The first-order valence-electron chi connectivity index (χ1n) is 9.91. The van der Waals surface area contributed by atoms with E-state index >= 15 is 0 Å². The molecule has 4 heterocycles. The van der Waals surface area contributed by atoms with Crippen molar-refractivity contribution in [2.45, 2.75) is 39.8 Å². The molecular formula is C19H26N6O3S. The molecule has 29 heavy (non-hydrogen) atoms. The third-order valence-electron chi connectivity index (χ3n) is 5.10. The summed E-state index contributed by atoms with van der Waals surface area (Å²) in [6.45, 7) is 6.23. The number of aliphatic hydroxyl groups is 2. The number of hydrogen-bond donors (Lipinski definition) is 2. The summed E-state index contributed by atoms with van der Waals surface area (Å²) < 4.78 is 7.87. The number of rotatable bonds is 8. The molecule has 0 atom stereocenters. The maximum absolute atomic E-state index is 9.29. The van der Waals surface area contributed by atoms with Crippen molar-refractivity contribution in [3.63, 3.8) is 0 Å². The summed E-state index contributed by atoms with van der Waals surface area (Å²) in [5, 5.41) is 28.1. The zero-order valence-electron chi connectivity index (χ0n) is 16.7. The van der Waals surface area contributed by atoms with Gasteiger partial charge in [-0.15, -0.1) is 21.5 Å². The van der Waals surface area contributed by atoms with Gasteiger partial charge in [0.1, 0.15) is 16.5 Å². The Hall–Kier alpha value is -2.30. The number of aromatic nitrogens is 5. The number of hydrogen-bond acceptors (Lipinski definition) is 9. The monoisotopic (exact) mass is 418 g/mol. The zero-order valence-corrected chi connectivity index (χ0v) is 17.5. The minimum Gasteiger partial charge on any atom is -0.463 e. The highest BCUT2D eigenvalue weighted by Gasteiger charge is 2.24. The molecule has 0 spiro atoms. The lowest BCUT2D eigenvalue weighted by Crippen LogP contribution is -2.35. The van der Waals surface area contributed by atoms with E-state index in [0.717, 1.165) is 53.6 Å². The van der Waals surface area contributed by atoms with Crippen molar-refractivity contribution in [2.75, 3.05) is 31.3 Å². The van der Waals surface area contributed by atoms with Crippen LogP contribution in [0.5, 0.6) is 6.01 Å². The highest BCUT2D eigenvalue weighted by atomic mass is 32.1. The molecule has 0 aromatic carbocycles. The summed E-state index contributed by atoms with van der Waals surface area (Å²) in [7, 11) is 0. The fraction of sp³-hybridized carbons (Fsp3) is 0.579. The van der Waals surface area contributed by atoms with Crippen molar-refractivity contribution in [1.82, 2.24) is 24.7 Å². The second-order valence-corrected chi connectivity index (χ2v) is 8.41. The molecule has 156 valence electrons. The average molecular weight is 419 g/mol. The van der Waals surface area contributed by atoms with Crippen molar-refractivity contribution >= 4 is 27.4 Å². The third-order valence-corrected chi connectivity index (χ3v) is 6.19. The lowest BCUT2D eigenvalue weighted by Gasteiger charge is -2.29. The SMILES string of the molecule is CCCc1cc2c(N3CCn4c(C)nnc4C3)nc(OCC(CO)CO)nc2s1. The Morgan fingerprint density at radius 2 is 2.03 bits per heavy atom. The molecule has 10 heteroatoms. The van der Waals surface area contributed by atoms with Crippen LogP contribution in [0.25, 0.3) is 10.2 Å². The summed E-state index contributed by atoms with van der Waals surface area (Å²) in [4.78, 5) is 13.6. The largest absolute Gasteiger partial charge is 0.463 e. The molecule has 1 aliphatic rings. The fourth-order valence-corrected chi connectivity index (χ4v) is 4.57. The van der Waals surface area contributed by atoms with Crippen LogP contribution in [0.3, 0.4) is 0 Å². The zero-order chi connectivity index (χ0) is 20.4. The first-order chi connectivity index (χ1) is 14.1. The Labute approximate surface area is 173 Å². The molecule has 1 aliphatic heterocycles. The topological polar surface area (TPSA) is 109 Å². The summed E-state index contributed by atoms with van der Waals surface area (Å²) >= 11 is 1.66. The van der Waals surface area contributed by atoms with E-state index in [0.29, 0.717) is 6.54 Å². The first kappa shape index (κ1) is 20.0. The Kier molecular flexibility index (Phi) is 5.93. The molecule has 0 aliphatic carbocycles. The number of thiophene rings is 1. The van der Waals surface area contributed by atoms with E-state index in [-0.39, 0.29) is 31.7 Å². The third kappa shape index (κ3) is 4.05. The van der Waals surface area contributed by atoms with E-state index < -0.39 is 0 Å². The standard InChI is InChI=1S/C19H26N6O3S/c1-3-4-14-7-15-17(24-5-6-25-12(2)22-23-16(25)8-24)20-19(21-18(15)29-14)28-11-13(9-26)10-27/h7,13,26-27H,3-6,8-11H2,1-2H3. The molecule has 0 bridgehead atoms. The van der Waals surface area contributed by atoms with Crippen LogP contribution in [0.1, 0.15) is 29.9 Å². The van der Waals surface area contributed by atoms with Crippen LogP contribution in [-0.2, 0) is 19.5 Å². The molecule has 3 aromatic rings. The van der Waals surface area contributed by atoms with Gasteiger partial charge in [0.25, 0.3) is 0 Å². The maximum Gasteiger partial charge on any atom is 0.319 e. The minimum atomic E-state index is -0.353. The van der Waals surface area contributed by atoms with E-state index in [4.69, 9.17) is 9.72 Å². The molecule has 0 fully saturated rings. The fourth-order valence-electron chi connectivity index (χ4n) is 3.45. The molecule has 0 amide bonds. The highest BCUT2D eigenvalue weighted by Crippen LogP contribution is 2.34. The van der Waals surface area contributed by atoms with Gasteiger partial charge in [0.15, 0.2) is 5.82 Å². The second kappa shape index (κ2) is 8.60. The van der Waals surface area contributed by atoms with Gasteiger partial charge in [-0.2, -0.15) is 9.97 Å². The van der Waals surface area contributed by atoms with Gasteiger partial charge in [-0.05, 0) is 19.4 Å². The normalized spacial score (nSPS) is 14.0. The Morgan fingerprint density at radius 1 is 1.21 bits per heavy atom. The molecule has 0 saturated carbocycles. The van der Waals surface area contributed by atoms with Gasteiger partial charge >= 0.3 is 6.01 Å². The predicted molar refractivity (Wildman–Crippen MR) is 110 cm³/mol. The Balaban J connectivity index is 1.68. The molecule has 0 radical (unpaired) electrons. The van der Waals surface area contributed by atoms with Crippen molar-refractivity contribution in [2.24, 2.45) is 5.92 Å². The minimum absolute atomic E-state index is 0.146. The van der Waals surface area contributed by atoms with E-state index in [1.54, 1.807) is 11.3 Å². The second-order valence-electron chi connectivity index (χ2n) is 7.29. The molecule has 2 N–H and O–H groups in total. The van der Waals surface area contributed by atoms with Crippen LogP contribution in [0.4, 0.5) is 5.82 Å². The van der Waals surface area contributed by atoms with Gasteiger partial charge in [-0.3, -0.25) is 0 Å². The van der Waals surface area contributed by atoms with E-state index in [9.17, 15) is 10.2 Å². The molecule has 0 saturated heterocycles. The van der Waals surface area contributed by atoms with Crippen LogP contribution < -0.4 is 9.64 Å². The molecule has 0 unspecified atom stereocenters. The van der Waals surface area contributed by atoms with Crippen LogP contribution in [-0.4, -0.2) is 61.3 Å². The van der Waals surface area contributed by atoms with Crippen LogP contribution in [0.15, 0.2) is 6.07 Å². The highest BCUT2D eigenvalue weighted by molar-refractivity contribution is 7.18. The summed E-state index contributed by atoms with van der Waals surface area (Å²) in [6.07, 6.45) is 2.07. The van der Waals surface area contributed by atoms with Gasteiger partial charge in [0.2, 0.25) is 0 Å². The Bertz CT molecular complexity index is 984. The first-order valence-corrected chi connectivity index (χ1v) is 10.7. The lowest BCUT2D eigenvalue weighted by atomic mass is 10.2. The summed E-state index contributed by atoms with van der Waals surface area (Å²) in [5.41, 5.74) is 0.